The summed E-state index contributed by atoms with van der Waals surface area (Å²) in [4.78, 5) is 11.0. The molecular formula is C8H12O3. The topological polar surface area (TPSA) is 46.5 Å². The van der Waals surface area contributed by atoms with Crippen LogP contribution in [0.4, 0.5) is 0 Å². The summed E-state index contributed by atoms with van der Waals surface area (Å²) >= 11 is 0. The van der Waals surface area contributed by atoms with E-state index in [9.17, 15) is 9.90 Å². The lowest BCUT2D eigenvalue weighted by atomic mass is 9.94. The molecule has 2 aliphatic rings. The maximum atomic E-state index is 11.0. The Morgan fingerprint density at radius 2 is 2.27 bits per heavy atom. The van der Waals surface area contributed by atoms with E-state index in [0.717, 1.165) is 6.42 Å². The summed E-state index contributed by atoms with van der Waals surface area (Å²) < 4.78 is 5.07. The van der Waals surface area contributed by atoms with Crippen molar-refractivity contribution >= 4 is 5.97 Å². The third-order valence-corrected chi connectivity index (χ3v) is 2.81. The van der Waals surface area contributed by atoms with Crippen molar-refractivity contribution < 1.29 is 14.6 Å². The molecule has 0 spiro atoms. The van der Waals surface area contributed by atoms with E-state index in [1.54, 1.807) is 0 Å². The minimum absolute atomic E-state index is 0.00264. The summed E-state index contributed by atoms with van der Waals surface area (Å²) in [6.07, 6.45) is 1.13. The number of carbonyl (C=O) groups is 1. The molecule has 1 heterocycles. The Morgan fingerprint density at radius 1 is 1.55 bits per heavy atom. The highest BCUT2D eigenvalue weighted by Gasteiger charge is 2.47. The minimum atomic E-state index is -0.249. The molecule has 0 aromatic rings. The third-order valence-electron chi connectivity index (χ3n) is 2.81. The zero-order valence-corrected chi connectivity index (χ0v) is 6.49. The largest absolute Gasteiger partial charge is 0.462 e. The number of rotatable bonds is 0. The molecule has 1 saturated carbocycles. The molecule has 11 heavy (non-hydrogen) atoms. The van der Waals surface area contributed by atoms with Crippen LogP contribution in [0.3, 0.4) is 0 Å². The molecule has 1 saturated heterocycles. The smallest absolute Gasteiger partial charge is 0.309 e. The summed E-state index contributed by atoms with van der Waals surface area (Å²) in [7, 11) is 0. The molecule has 62 valence electrons. The predicted molar refractivity (Wildman–Crippen MR) is 37.8 cm³/mol. The normalized spacial score (nSPS) is 49.1. The van der Waals surface area contributed by atoms with Gasteiger partial charge in [0, 0.05) is 12.3 Å². The fourth-order valence-corrected chi connectivity index (χ4v) is 2.10. The summed E-state index contributed by atoms with van der Waals surface area (Å²) in [6, 6.07) is 0. The number of carbonyl (C=O) groups excluding carboxylic acids is 1. The standard InChI is InChI=1S/C8H12O3/c1-4-6-2-5(9)3-7(6)11-8(4)10/h4-7,9H,2-3H2,1H3/t4-,5-,6-,7-/m1/s1. The lowest BCUT2D eigenvalue weighted by Crippen LogP contribution is -2.12. The molecule has 2 fully saturated rings. The Kier molecular flexibility index (Phi) is 1.42. The van der Waals surface area contributed by atoms with E-state index in [1.807, 2.05) is 6.92 Å². The van der Waals surface area contributed by atoms with Gasteiger partial charge in [-0.1, -0.05) is 6.92 Å². The van der Waals surface area contributed by atoms with Crippen LogP contribution in [0.15, 0.2) is 0 Å². The molecule has 3 nitrogen and oxygen atoms in total. The first-order valence-electron chi connectivity index (χ1n) is 4.07. The van der Waals surface area contributed by atoms with Crippen molar-refractivity contribution in [3.8, 4) is 0 Å². The number of hydrogen-bond donors (Lipinski definition) is 1. The van der Waals surface area contributed by atoms with E-state index in [4.69, 9.17) is 4.74 Å². The first-order chi connectivity index (χ1) is 5.18. The van der Waals surface area contributed by atoms with Crippen molar-refractivity contribution in [3.63, 3.8) is 0 Å². The average molecular weight is 156 g/mol. The minimum Gasteiger partial charge on any atom is -0.462 e. The molecule has 0 aromatic carbocycles. The number of ether oxygens (including phenoxy) is 1. The van der Waals surface area contributed by atoms with E-state index in [-0.39, 0.29) is 30.0 Å². The molecule has 1 N–H and O–H groups in total. The highest BCUT2D eigenvalue weighted by Crippen LogP contribution is 2.40. The molecule has 3 heteroatoms. The van der Waals surface area contributed by atoms with Crippen LogP contribution in [0.2, 0.25) is 0 Å². The first-order valence-corrected chi connectivity index (χ1v) is 4.07. The SMILES string of the molecule is C[C@H]1C(=O)O[C@@H]2C[C@H](O)C[C@@H]21. The Morgan fingerprint density at radius 3 is 2.91 bits per heavy atom. The van der Waals surface area contributed by atoms with Crippen LogP contribution in [0.1, 0.15) is 19.8 Å². The fraction of sp³-hybridized carbons (Fsp3) is 0.875. The van der Waals surface area contributed by atoms with Gasteiger partial charge in [-0.25, -0.2) is 0 Å². The molecule has 0 bridgehead atoms. The average Bonchev–Trinajstić information content (AvgIpc) is 2.37. The van der Waals surface area contributed by atoms with Gasteiger partial charge in [-0.05, 0) is 6.42 Å². The van der Waals surface area contributed by atoms with Crippen molar-refractivity contribution in [2.24, 2.45) is 11.8 Å². The number of fused-ring (bicyclic) bond motifs is 1. The Hall–Kier alpha value is -0.570. The molecule has 1 aliphatic carbocycles. The van der Waals surface area contributed by atoms with Crippen LogP contribution < -0.4 is 0 Å². The molecule has 1 aliphatic heterocycles. The maximum Gasteiger partial charge on any atom is 0.309 e. The lowest BCUT2D eigenvalue weighted by Gasteiger charge is -2.06. The molecule has 2 rings (SSSR count). The monoisotopic (exact) mass is 156 g/mol. The van der Waals surface area contributed by atoms with Gasteiger partial charge in [0.15, 0.2) is 0 Å². The van der Waals surface area contributed by atoms with Crippen molar-refractivity contribution in [1.29, 1.82) is 0 Å². The number of aliphatic hydroxyl groups is 1. The molecule has 0 aromatic heterocycles. The van der Waals surface area contributed by atoms with E-state index in [0.29, 0.717) is 6.42 Å². The van der Waals surface area contributed by atoms with Crippen LogP contribution in [-0.4, -0.2) is 23.3 Å². The second-order valence-corrected chi connectivity index (χ2v) is 3.55. The fourth-order valence-electron chi connectivity index (χ4n) is 2.10. The van der Waals surface area contributed by atoms with E-state index in [2.05, 4.69) is 0 Å². The number of esters is 1. The molecule has 4 atom stereocenters. The van der Waals surface area contributed by atoms with Crippen LogP contribution in [0.25, 0.3) is 0 Å². The molecule has 0 radical (unpaired) electrons. The first kappa shape index (κ1) is 7.10. The van der Waals surface area contributed by atoms with Crippen LogP contribution in [-0.2, 0) is 9.53 Å². The van der Waals surface area contributed by atoms with E-state index >= 15 is 0 Å². The van der Waals surface area contributed by atoms with Crippen molar-refractivity contribution in [2.75, 3.05) is 0 Å². The zero-order chi connectivity index (χ0) is 8.01. The van der Waals surface area contributed by atoms with Gasteiger partial charge in [-0.3, -0.25) is 4.79 Å². The summed E-state index contributed by atoms with van der Waals surface area (Å²) in [5, 5.41) is 9.25. The van der Waals surface area contributed by atoms with Crippen molar-refractivity contribution in [2.45, 2.75) is 32.0 Å². The van der Waals surface area contributed by atoms with E-state index < -0.39 is 0 Å². The van der Waals surface area contributed by atoms with Gasteiger partial charge in [0.2, 0.25) is 0 Å². The van der Waals surface area contributed by atoms with Crippen LogP contribution in [0.5, 0.6) is 0 Å². The van der Waals surface area contributed by atoms with Gasteiger partial charge in [0.05, 0.1) is 12.0 Å². The number of hydrogen-bond acceptors (Lipinski definition) is 3. The van der Waals surface area contributed by atoms with Crippen LogP contribution >= 0.6 is 0 Å². The highest BCUT2D eigenvalue weighted by molar-refractivity contribution is 5.75. The van der Waals surface area contributed by atoms with Crippen molar-refractivity contribution in [1.82, 2.24) is 0 Å². The third kappa shape index (κ3) is 0.948. The molecule has 0 amide bonds. The number of aliphatic hydroxyl groups excluding tert-OH is 1. The second kappa shape index (κ2) is 2.21. The van der Waals surface area contributed by atoms with E-state index in [1.165, 1.54) is 0 Å². The summed E-state index contributed by atoms with van der Waals surface area (Å²) in [5.74, 6) is 0.182. The predicted octanol–water partition coefficient (Wildman–Crippen LogP) is 0.319. The summed E-state index contributed by atoms with van der Waals surface area (Å²) in [6.45, 7) is 1.88. The lowest BCUT2D eigenvalue weighted by molar-refractivity contribution is -0.144. The zero-order valence-electron chi connectivity index (χ0n) is 6.49. The highest BCUT2D eigenvalue weighted by atomic mass is 16.6. The van der Waals surface area contributed by atoms with Gasteiger partial charge in [-0.15, -0.1) is 0 Å². The van der Waals surface area contributed by atoms with Crippen LogP contribution in [0, 0.1) is 11.8 Å². The van der Waals surface area contributed by atoms with Gasteiger partial charge in [0.1, 0.15) is 6.10 Å². The Bertz CT molecular complexity index is 190. The van der Waals surface area contributed by atoms with Gasteiger partial charge < -0.3 is 9.84 Å². The quantitative estimate of drug-likeness (QED) is 0.514. The van der Waals surface area contributed by atoms with Gasteiger partial charge in [0.25, 0.3) is 0 Å². The summed E-state index contributed by atoms with van der Waals surface area (Å²) in [5.41, 5.74) is 0. The molecule has 0 unspecified atom stereocenters. The van der Waals surface area contributed by atoms with Gasteiger partial charge >= 0.3 is 5.97 Å². The maximum absolute atomic E-state index is 11.0. The van der Waals surface area contributed by atoms with Crippen molar-refractivity contribution in [3.05, 3.63) is 0 Å². The second-order valence-electron chi connectivity index (χ2n) is 3.55. The Balaban J connectivity index is 2.13. The Labute approximate surface area is 65.4 Å². The molecular weight excluding hydrogens is 144 g/mol. The van der Waals surface area contributed by atoms with Gasteiger partial charge in [-0.2, -0.15) is 0 Å².